The Morgan fingerprint density at radius 1 is 1.13 bits per heavy atom. The van der Waals surface area contributed by atoms with Crippen LogP contribution in [0.5, 0.6) is 0 Å². The van der Waals surface area contributed by atoms with Crippen molar-refractivity contribution in [2.75, 3.05) is 19.0 Å². The number of allylic oxidation sites excluding steroid dienone is 4. The van der Waals surface area contributed by atoms with E-state index in [0.29, 0.717) is 24.2 Å². The first-order chi connectivity index (χ1) is 14.8. The average molecular weight is 418 g/mol. The van der Waals surface area contributed by atoms with Crippen molar-refractivity contribution in [3.8, 4) is 0 Å². The molecule has 0 aliphatic heterocycles. The molecule has 0 bridgehead atoms. The number of fused-ring (bicyclic) bond motifs is 4. The van der Waals surface area contributed by atoms with Crippen LogP contribution in [0.2, 0.25) is 0 Å². The number of rotatable bonds is 3. The number of anilines is 1. The molecule has 5 rings (SSSR count). The van der Waals surface area contributed by atoms with Gasteiger partial charge in [0.25, 0.3) is 0 Å². The Morgan fingerprint density at radius 3 is 2.55 bits per heavy atom. The van der Waals surface area contributed by atoms with E-state index < -0.39 is 5.60 Å². The molecule has 2 saturated carbocycles. The Labute approximate surface area is 186 Å². The minimum absolute atomic E-state index is 0.167. The van der Waals surface area contributed by atoms with Crippen molar-refractivity contribution in [1.29, 1.82) is 0 Å². The van der Waals surface area contributed by atoms with Crippen molar-refractivity contribution in [3.63, 3.8) is 0 Å². The first-order valence-electron chi connectivity index (χ1n) is 11.9. The summed E-state index contributed by atoms with van der Waals surface area (Å²) in [5.74, 6) is 1.55. The van der Waals surface area contributed by atoms with Crippen LogP contribution in [0.25, 0.3) is 0 Å². The van der Waals surface area contributed by atoms with E-state index in [0.717, 1.165) is 38.5 Å². The maximum atomic E-state index is 12.1. The van der Waals surface area contributed by atoms with Gasteiger partial charge in [-0.25, -0.2) is 0 Å². The number of nitrogens with zero attached hydrogens (tertiary/aromatic N) is 1. The fourth-order valence-electron chi connectivity index (χ4n) is 7.34. The monoisotopic (exact) mass is 417 g/mol. The Balaban J connectivity index is 1.67. The summed E-state index contributed by atoms with van der Waals surface area (Å²) in [7, 11) is 4.14. The van der Waals surface area contributed by atoms with Gasteiger partial charge in [0.2, 0.25) is 0 Å². The highest BCUT2D eigenvalue weighted by molar-refractivity contribution is 5.93. The van der Waals surface area contributed by atoms with Gasteiger partial charge in [0.1, 0.15) is 0 Å². The molecular weight excluding hydrogens is 382 g/mol. The number of benzene rings is 1. The molecule has 0 radical (unpaired) electrons. The van der Waals surface area contributed by atoms with Crippen LogP contribution < -0.4 is 4.90 Å². The summed E-state index contributed by atoms with van der Waals surface area (Å²) in [5, 5.41) is 11.6. The average Bonchev–Trinajstić information content (AvgIpc) is 3.04. The molecule has 5 atom stereocenters. The summed E-state index contributed by atoms with van der Waals surface area (Å²) in [6, 6.07) is 8.98. The number of hydrogen-bond donors (Lipinski definition) is 1. The molecule has 31 heavy (non-hydrogen) atoms. The summed E-state index contributed by atoms with van der Waals surface area (Å²) in [6.07, 6.45) is 10.2. The fraction of sp³-hybridized carbons (Fsp3) is 0.536. The molecule has 0 aromatic heterocycles. The van der Waals surface area contributed by atoms with Crippen molar-refractivity contribution in [2.24, 2.45) is 17.3 Å². The highest BCUT2D eigenvalue weighted by atomic mass is 16.3. The third kappa shape index (κ3) is 3.00. The molecule has 4 aliphatic rings. The Kier molecular flexibility index (Phi) is 4.82. The lowest BCUT2D eigenvalue weighted by Crippen LogP contribution is -2.50. The number of hydrogen-bond acceptors (Lipinski definition) is 3. The SMILES string of the molecule is C=C[C@]1(O)CC[C@H]2[C@@H]3CCC4=CC(=O)CCC4=C3[C@@H](c3ccc(N(C)C)cc3)C[C@@]21C. The molecule has 1 aromatic rings. The van der Waals surface area contributed by atoms with Gasteiger partial charge < -0.3 is 10.0 Å². The highest BCUT2D eigenvalue weighted by Gasteiger charge is 2.61. The summed E-state index contributed by atoms with van der Waals surface area (Å²) < 4.78 is 0. The van der Waals surface area contributed by atoms with Gasteiger partial charge in [-0.15, -0.1) is 6.58 Å². The van der Waals surface area contributed by atoms with Gasteiger partial charge in [-0.2, -0.15) is 0 Å². The fourth-order valence-corrected chi connectivity index (χ4v) is 7.34. The van der Waals surface area contributed by atoms with Crippen LogP contribution >= 0.6 is 0 Å². The van der Waals surface area contributed by atoms with Gasteiger partial charge >= 0.3 is 0 Å². The smallest absolute Gasteiger partial charge is 0.156 e. The summed E-state index contributed by atoms with van der Waals surface area (Å²) in [6.45, 7) is 6.35. The largest absolute Gasteiger partial charge is 0.385 e. The zero-order valence-corrected chi connectivity index (χ0v) is 19.2. The second kappa shape index (κ2) is 7.20. The van der Waals surface area contributed by atoms with Crippen molar-refractivity contribution < 1.29 is 9.90 Å². The lowest BCUT2D eigenvalue weighted by Gasteiger charge is -2.54. The van der Waals surface area contributed by atoms with Gasteiger partial charge in [-0.05, 0) is 85.3 Å². The van der Waals surface area contributed by atoms with Crippen LogP contribution in [0.4, 0.5) is 5.69 Å². The summed E-state index contributed by atoms with van der Waals surface area (Å²) in [4.78, 5) is 14.3. The van der Waals surface area contributed by atoms with Crippen LogP contribution in [0, 0.1) is 17.3 Å². The number of aliphatic hydroxyl groups is 1. The maximum Gasteiger partial charge on any atom is 0.156 e. The molecule has 0 heterocycles. The second-order valence-electron chi connectivity index (χ2n) is 10.6. The second-order valence-corrected chi connectivity index (χ2v) is 10.6. The molecule has 164 valence electrons. The highest BCUT2D eigenvalue weighted by Crippen LogP contribution is 2.66. The zero-order valence-electron chi connectivity index (χ0n) is 19.2. The van der Waals surface area contributed by atoms with Crippen LogP contribution in [0.3, 0.4) is 0 Å². The number of carbonyl (C=O) groups excluding carboxylic acids is 1. The lowest BCUT2D eigenvalue weighted by atomic mass is 9.51. The molecule has 1 N–H and O–H groups in total. The molecule has 0 unspecified atom stereocenters. The number of carbonyl (C=O) groups is 1. The van der Waals surface area contributed by atoms with Gasteiger partial charge in [0.15, 0.2) is 5.78 Å². The Bertz CT molecular complexity index is 985. The van der Waals surface area contributed by atoms with Gasteiger partial charge in [0, 0.05) is 37.5 Å². The van der Waals surface area contributed by atoms with Gasteiger partial charge in [0.05, 0.1) is 5.60 Å². The molecular formula is C28H35NO2. The van der Waals surface area contributed by atoms with E-state index in [9.17, 15) is 9.90 Å². The standard InChI is InChI=1S/C28H35NO2/c1-5-28(31)15-14-25-23-12-8-19-16-21(30)11-13-22(19)26(23)24(17-27(25,28)2)18-6-9-20(10-7-18)29(3)4/h5-7,9-10,16,23-25,31H,1,8,11-15,17H2,2-4H3/t23-,24+,25-,27-,28-/m0/s1. The maximum absolute atomic E-state index is 12.1. The van der Waals surface area contributed by atoms with Crippen molar-refractivity contribution in [1.82, 2.24) is 0 Å². The number of ketones is 1. The van der Waals surface area contributed by atoms with E-state index in [1.165, 1.54) is 22.4 Å². The topological polar surface area (TPSA) is 40.5 Å². The Hall–Kier alpha value is -2.13. The molecule has 0 amide bonds. The van der Waals surface area contributed by atoms with Crippen LogP contribution in [-0.4, -0.2) is 30.6 Å². The van der Waals surface area contributed by atoms with E-state index in [2.05, 4.69) is 56.8 Å². The lowest BCUT2D eigenvalue weighted by molar-refractivity contribution is -0.114. The molecule has 0 spiro atoms. The summed E-state index contributed by atoms with van der Waals surface area (Å²) in [5.41, 5.74) is 5.92. The molecule has 0 saturated heterocycles. The van der Waals surface area contributed by atoms with E-state index in [1.54, 1.807) is 5.57 Å². The van der Waals surface area contributed by atoms with Gasteiger partial charge in [-0.1, -0.05) is 30.7 Å². The zero-order chi connectivity index (χ0) is 22.0. The van der Waals surface area contributed by atoms with Crippen LogP contribution in [-0.2, 0) is 4.79 Å². The summed E-state index contributed by atoms with van der Waals surface area (Å²) >= 11 is 0. The van der Waals surface area contributed by atoms with E-state index >= 15 is 0 Å². The minimum Gasteiger partial charge on any atom is -0.385 e. The third-order valence-electron chi connectivity index (χ3n) is 9.10. The normalized spacial score (nSPS) is 37.0. The van der Waals surface area contributed by atoms with Crippen molar-refractivity contribution in [2.45, 2.75) is 63.4 Å². The molecule has 1 aromatic carbocycles. The van der Waals surface area contributed by atoms with Gasteiger partial charge in [-0.3, -0.25) is 4.79 Å². The third-order valence-corrected chi connectivity index (χ3v) is 9.10. The van der Waals surface area contributed by atoms with E-state index in [-0.39, 0.29) is 11.2 Å². The predicted octanol–water partition coefficient (Wildman–Crippen LogP) is 5.57. The minimum atomic E-state index is -0.797. The van der Waals surface area contributed by atoms with Crippen molar-refractivity contribution >= 4 is 11.5 Å². The van der Waals surface area contributed by atoms with E-state index in [1.807, 2.05) is 12.2 Å². The molecule has 2 fully saturated rings. The van der Waals surface area contributed by atoms with Crippen LogP contribution in [0.1, 0.15) is 63.4 Å². The molecule has 4 aliphatic carbocycles. The predicted molar refractivity (Wildman–Crippen MR) is 126 cm³/mol. The molecule has 3 heteroatoms. The Morgan fingerprint density at radius 2 is 1.87 bits per heavy atom. The van der Waals surface area contributed by atoms with E-state index in [4.69, 9.17) is 0 Å². The quantitative estimate of drug-likeness (QED) is 0.654. The first-order valence-corrected chi connectivity index (χ1v) is 11.9. The van der Waals surface area contributed by atoms with Crippen LogP contribution in [0.15, 0.2) is 59.7 Å². The first kappa shape index (κ1) is 20.8. The van der Waals surface area contributed by atoms with Crippen molar-refractivity contribution in [3.05, 3.63) is 65.3 Å². The molecule has 3 nitrogen and oxygen atoms in total.